The molecule has 0 aromatic heterocycles. The van der Waals surface area contributed by atoms with Crippen LogP contribution in [0.15, 0.2) is 0 Å². The van der Waals surface area contributed by atoms with Gasteiger partial charge in [0.05, 0.1) is 12.7 Å². The van der Waals surface area contributed by atoms with Crippen LogP contribution in [0.3, 0.4) is 0 Å². The van der Waals surface area contributed by atoms with Crippen LogP contribution >= 0.6 is 0 Å². The maximum Gasteiger partial charge on any atom is 0.0897 e. The maximum atomic E-state index is 9.92. The second-order valence-corrected chi connectivity index (χ2v) is 6.41. The molecule has 0 heterocycles. The van der Waals surface area contributed by atoms with Crippen molar-refractivity contribution in [2.45, 2.75) is 71.4 Å². The highest BCUT2D eigenvalue weighted by atomic mass is 16.5. The number of aliphatic hydroxyl groups is 1. The second-order valence-electron chi connectivity index (χ2n) is 6.41. The van der Waals surface area contributed by atoms with Crippen molar-refractivity contribution in [3.05, 3.63) is 0 Å². The van der Waals surface area contributed by atoms with E-state index >= 15 is 0 Å². The molecule has 2 atom stereocenters. The van der Waals surface area contributed by atoms with Gasteiger partial charge in [-0.15, -0.1) is 0 Å². The van der Waals surface area contributed by atoms with E-state index in [4.69, 9.17) is 4.74 Å². The Bertz CT molecular complexity index is 215. The first-order chi connectivity index (χ1) is 9.13. The van der Waals surface area contributed by atoms with Crippen molar-refractivity contribution in [1.82, 2.24) is 5.32 Å². The Hall–Kier alpha value is -0.120. The average Bonchev–Trinajstić information content (AvgIpc) is 2.40. The van der Waals surface area contributed by atoms with E-state index in [-0.39, 0.29) is 6.10 Å². The Kier molecular flexibility index (Phi) is 8.67. The van der Waals surface area contributed by atoms with Crippen molar-refractivity contribution in [2.24, 2.45) is 11.8 Å². The Balaban J connectivity index is 2.16. The summed E-state index contributed by atoms with van der Waals surface area (Å²) in [5.74, 6) is 1.34. The van der Waals surface area contributed by atoms with Gasteiger partial charge in [0.2, 0.25) is 0 Å². The Morgan fingerprint density at radius 2 is 1.84 bits per heavy atom. The van der Waals surface area contributed by atoms with Crippen LogP contribution in [0.2, 0.25) is 0 Å². The molecule has 3 heteroatoms. The molecule has 3 nitrogen and oxygen atoms in total. The lowest BCUT2D eigenvalue weighted by atomic mass is 9.83. The molecule has 1 fully saturated rings. The van der Waals surface area contributed by atoms with Gasteiger partial charge in [0.15, 0.2) is 0 Å². The summed E-state index contributed by atoms with van der Waals surface area (Å²) in [6.45, 7) is 8.34. The molecule has 1 saturated carbocycles. The molecule has 0 aromatic rings. The minimum absolute atomic E-state index is 0.378. The predicted molar refractivity (Wildman–Crippen MR) is 80.3 cm³/mol. The summed E-state index contributed by atoms with van der Waals surface area (Å²) in [6, 6.07) is 0.569. The standard InChI is InChI=1S/C16H33NO2/c1-4-16(14-8-6-5-7-9-14)17-10-15(18)12-19-11-13(2)3/h13-18H,4-12H2,1-3H3. The third kappa shape index (κ3) is 7.28. The molecule has 0 saturated heterocycles. The molecule has 0 radical (unpaired) electrons. The number of hydrogen-bond donors (Lipinski definition) is 2. The topological polar surface area (TPSA) is 41.5 Å². The SMILES string of the molecule is CCC(NCC(O)COCC(C)C)C1CCCCC1. The van der Waals surface area contributed by atoms with Gasteiger partial charge in [0.25, 0.3) is 0 Å². The minimum Gasteiger partial charge on any atom is -0.389 e. The largest absolute Gasteiger partial charge is 0.389 e. The quantitative estimate of drug-likeness (QED) is 0.677. The summed E-state index contributed by atoms with van der Waals surface area (Å²) >= 11 is 0. The second kappa shape index (κ2) is 9.73. The molecule has 0 bridgehead atoms. The average molecular weight is 271 g/mol. The Labute approximate surface area is 119 Å². The van der Waals surface area contributed by atoms with Gasteiger partial charge >= 0.3 is 0 Å². The highest BCUT2D eigenvalue weighted by Crippen LogP contribution is 2.27. The zero-order chi connectivity index (χ0) is 14.1. The molecule has 0 aromatic carbocycles. The lowest BCUT2D eigenvalue weighted by Gasteiger charge is -2.31. The van der Waals surface area contributed by atoms with Gasteiger partial charge in [-0.05, 0) is 31.1 Å². The van der Waals surface area contributed by atoms with Crippen LogP contribution in [0.5, 0.6) is 0 Å². The van der Waals surface area contributed by atoms with Crippen molar-refractivity contribution in [2.75, 3.05) is 19.8 Å². The normalized spacial score (nSPS) is 20.7. The predicted octanol–water partition coefficient (Wildman–Crippen LogP) is 2.97. The fourth-order valence-electron chi connectivity index (χ4n) is 2.97. The lowest BCUT2D eigenvalue weighted by molar-refractivity contribution is 0.0236. The van der Waals surface area contributed by atoms with Gasteiger partial charge in [-0.3, -0.25) is 0 Å². The molecule has 2 N–H and O–H groups in total. The van der Waals surface area contributed by atoms with Gasteiger partial charge in [0.1, 0.15) is 0 Å². The number of aliphatic hydroxyl groups excluding tert-OH is 1. The van der Waals surface area contributed by atoms with Crippen LogP contribution in [0.1, 0.15) is 59.3 Å². The molecule has 0 spiro atoms. The molecule has 1 aliphatic carbocycles. The van der Waals surface area contributed by atoms with Crippen LogP contribution in [0.4, 0.5) is 0 Å². The first kappa shape index (κ1) is 16.9. The van der Waals surface area contributed by atoms with Gasteiger partial charge in [-0.25, -0.2) is 0 Å². The molecule has 1 aliphatic rings. The summed E-state index contributed by atoms with van der Waals surface area (Å²) < 4.78 is 5.48. The van der Waals surface area contributed by atoms with Crippen molar-refractivity contribution >= 4 is 0 Å². The van der Waals surface area contributed by atoms with Gasteiger partial charge in [-0.1, -0.05) is 40.0 Å². The highest BCUT2D eigenvalue weighted by Gasteiger charge is 2.22. The van der Waals surface area contributed by atoms with E-state index < -0.39 is 0 Å². The van der Waals surface area contributed by atoms with E-state index in [9.17, 15) is 5.11 Å². The number of hydrogen-bond acceptors (Lipinski definition) is 3. The van der Waals surface area contributed by atoms with E-state index in [0.717, 1.165) is 18.9 Å². The minimum atomic E-state index is -0.378. The van der Waals surface area contributed by atoms with Crippen LogP contribution in [0, 0.1) is 11.8 Å². The number of rotatable bonds is 9. The fraction of sp³-hybridized carbons (Fsp3) is 1.00. The van der Waals surface area contributed by atoms with Gasteiger partial charge in [-0.2, -0.15) is 0 Å². The molecular weight excluding hydrogens is 238 g/mol. The molecule has 0 aliphatic heterocycles. The number of ether oxygens (including phenoxy) is 1. The van der Waals surface area contributed by atoms with Crippen LogP contribution in [-0.4, -0.2) is 37.0 Å². The number of nitrogens with one attached hydrogen (secondary N) is 1. The van der Waals surface area contributed by atoms with Gasteiger partial charge < -0.3 is 15.2 Å². The fourth-order valence-corrected chi connectivity index (χ4v) is 2.97. The monoisotopic (exact) mass is 271 g/mol. The Morgan fingerprint density at radius 1 is 1.16 bits per heavy atom. The molecule has 114 valence electrons. The zero-order valence-corrected chi connectivity index (χ0v) is 13.0. The third-order valence-corrected chi connectivity index (χ3v) is 4.04. The molecule has 2 unspecified atom stereocenters. The summed E-state index contributed by atoms with van der Waals surface area (Å²) in [5, 5.41) is 13.5. The van der Waals surface area contributed by atoms with Gasteiger partial charge in [0, 0.05) is 19.2 Å². The highest BCUT2D eigenvalue weighted by molar-refractivity contribution is 4.79. The van der Waals surface area contributed by atoms with Crippen molar-refractivity contribution < 1.29 is 9.84 Å². The van der Waals surface area contributed by atoms with E-state index in [1.165, 1.54) is 32.1 Å². The molecule has 0 amide bonds. The summed E-state index contributed by atoms with van der Waals surface area (Å²) in [7, 11) is 0. The third-order valence-electron chi connectivity index (χ3n) is 4.04. The molecule has 19 heavy (non-hydrogen) atoms. The summed E-state index contributed by atoms with van der Waals surface area (Å²) in [4.78, 5) is 0. The first-order valence-electron chi connectivity index (χ1n) is 8.12. The first-order valence-corrected chi connectivity index (χ1v) is 8.12. The van der Waals surface area contributed by atoms with Crippen molar-refractivity contribution in [1.29, 1.82) is 0 Å². The summed E-state index contributed by atoms with van der Waals surface area (Å²) in [5.41, 5.74) is 0. The van der Waals surface area contributed by atoms with Crippen molar-refractivity contribution in [3.63, 3.8) is 0 Å². The Morgan fingerprint density at radius 3 is 2.42 bits per heavy atom. The van der Waals surface area contributed by atoms with E-state index in [0.29, 0.717) is 25.1 Å². The van der Waals surface area contributed by atoms with Crippen LogP contribution < -0.4 is 5.32 Å². The smallest absolute Gasteiger partial charge is 0.0897 e. The van der Waals surface area contributed by atoms with Crippen LogP contribution in [-0.2, 0) is 4.74 Å². The molecular formula is C16H33NO2. The van der Waals surface area contributed by atoms with E-state index in [2.05, 4.69) is 26.1 Å². The van der Waals surface area contributed by atoms with Crippen molar-refractivity contribution in [3.8, 4) is 0 Å². The maximum absolute atomic E-state index is 9.92. The van der Waals surface area contributed by atoms with E-state index in [1.807, 2.05) is 0 Å². The lowest BCUT2D eigenvalue weighted by Crippen LogP contribution is -2.42. The summed E-state index contributed by atoms with van der Waals surface area (Å²) in [6.07, 6.45) is 7.64. The molecule has 1 rings (SSSR count). The van der Waals surface area contributed by atoms with E-state index in [1.54, 1.807) is 0 Å². The zero-order valence-electron chi connectivity index (χ0n) is 13.0. The van der Waals surface area contributed by atoms with Crippen LogP contribution in [0.25, 0.3) is 0 Å².